The number of ether oxygens (including phenoxy) is 1. The van der Waals surface area contributed by atoms with E-state index in [4.69, 9.17) is 14.5 Å². The van der Waals surface area contributed by atoms with Crippen LogP contribution in [-0.4, -0.2) is 54.5 Å². The lowest BCUT2D eigenvalue weighted by Gasteiger charge is -2.16. The molecule has 2 heterocycles. The van der Waals surface area contributed by atoms with Crippen molar-refractivity contribution >= 4 is 7.82 Å². The van der Waals surface area contributed by atoms with E-state index >= 15 is 0 Å². The molecule has 0 saturated carbocycles. The Balaban J connectivity index is 2.18. The van der Waals surface area contributed by atoms with Gasteiger partial charge in [0.1, 0.15) is 18.3 Å². The van der Waals surface area contributed by atoms with Crippen LogP contribution in [0.4, 0.5) is 0 Å². The van der Waals surface area contributed by atoms with Crippen molar-refractivity contribution in [3.63, 3.8) is 0 Å². The fourth-order valence-electron chi connectivity index (χ4n) is 1.89. The third kappa shape index (κ3) is 3.66. The standard InChI is InChI=1S/C9H13N2O9P/c12-5-1-2-11(9(15)10-5)8-7(14)6(13)4(20-8)3-19-21(16,17)18/h1-2,4,6-8,13-14H,3H2,(H,10,12,15)(H2,16,17,18)/t4-,6+,7-,8-/m0/s1. The molecule has 118 valence electrons. The molecule has 1 fully saturated rings. The Bertz CT molecular complexity index is 664. The smallest absolute Gasteiger partial charge is 0.387 e. The first-order valence-corrected chi connectivity index (χ1v) is 7.25. The van der Waals surface area contributed by atoms with Crippen molar-refractivity contribution in [2.75, 3.05) is 6.61 Å². The first-order chi connectivity index (χ1) is 9.69. The molecule has 12 heteroatoms. The second-order valence-corrected chi connectivity index (χ2v) is 5.59. The maximum atomic E-state index is 11.6. The summed E-state index contributed by atoms with van der Waals surface area (Å²) in [6.45, 7) is -0.683. The van der Waals surface area contributed by atoms with Crippen LogP contribution in [0.3, 0.4) is 0 Å². The molecule has 4 atom stereocenters. The Labute approximate surface area is 116 Å². The quantitative estimate of drug-likeness (QED) is 0.368. The second kappa shape index (κ2) is 5.81. The van der Waals surface area contributed by atoms with Gasteiger partial charge < -0.3 is 24.7 Å². The van der Waals surface area contributed by atoms with E-state index in [-0.39, 0.29) is 0 Å². The van der Waals surface area contributed by atoms with Gasteiger partial charge in [-0.15, -0.1) is 0 Å². The second-order valence-electron chi connectivity index (χ2n) is 4.35. The molecular weight excluding hydrogens is 311 g/mol. The summed E-state index contributed by atoms with van der Waals surface area (Å²) in [6, 6.07) is 1.02. The molecule has 1 aromatic rings. The van der Waals surface area contributed by atoms with Crippen LogP contribution in [-0.2, 0) is 13.8 Å². The number of phosphoric ester groups is 1. The number of aromatic amines is 1. The maximum Gasteiger partial charge on any atom is 0.469 e. The van der Waals surface area contributed by atoms with E-state index in [0.717, 1.165) is 16.8 Å². The lowest BCUT2D eigenvalue weighted by Crippen LogP contribution is -2.37. The fraction of sp³-hybridized carbons (Fsp3) is 0.556. The third-order valence-corrected chi connectivity index (χ3v) is 3.35. The predicted octanol–water partition coefficient (Wildman–Crippen LogP) is -2.73. The molecule has 0 aliphatic carbocycles. The highest BCUT2D eigenvalue weighted by Crippen LogP contribution is 2.38. The molecule has 0 aromatic carbocycles. The average molecular weight is 324 g/mol. The van der Waals surface area contributed by atoms with Crippen molar-refractivity contribution in [3.05, 3.63) is 33.1 Å². The molecule has 2 rings (SSSR count). The lowest BCUT2D eigenvalue weighted by atomic mass is 10.1. The van der Waals surface area contributed by atoms with Gasteiger partial charge in [0.2, 0.25) is 0 Å². The summed E-state index contributed by atoms with van der Waals surface area (Å²) in [5, 5.41) is 19.6. The molecule has 0 radical (unpaired) electrons. The molecule has 1 aromatic heterocycles. The number of rotatable bonds is 4. The number of aliphatic hydroxyl groups excluding tert-OH is 2. The van der Waals surface area contributed by atoms with Gasteiger partial charge in [-0.05, 0) is 0 Å². The highest BCUT2D eigenvalue weighted by Gasteiger charge is 2.44. The van der Waals surface area contributed by atoms with Crippen LogP contribution >= 0.6 is 7.82 Å². The lowest BCUT2D eigenvalue weighted by molar-refractivity contribution is -0.0543. The van der Waals surface area contributed by atoms with E-state index in [9.17, 15) is 24.4 Å². The summed E-state index contributed by atoms with van der Waals surface area (Å²) < 4.78 is 20.8. The highest BCUT2D eigenvalue weighted by molar-refractivity contribution is 7.46. The van der Waals surface area contributed by atoms with Crippen LogP contribution in [0.2, 0.25) is 0 Å². The molecule has 11 nitrogen and oxygen atoms in total. The van der Waals surface area contributed by atoms with Crippen molar-refractivity contribution in [2.45, 2.75) is 24.5 Å². The summed E-state index contributed by atoms with van der Waals surface area (Å²) in [6.07, 6.45) is -4.58. The van der Waals surface area contributed by atoms with E-state index in [1.807, 2.05) is 4.98 Å². The van der Waals surface area contributed by atoms with E-state index in [2.05, 4.69) is 4.52 Å². The van der Waals surface area contributed by atoms with Crippen molar-refractivity contribution in [2.24, 2.45) is 0 Å². The number of nitrogens with zero attached hydrogens (tertiary/aromatic N) is 1. The summed E-state index contributed by atoms with van der Waals surface area (Å²) in [5.74, 6) is 0. The van der Waals surface area contributed by atoms with E-state index in [0.29, 0.717) is 0 Å². The molecule has 1 aliphatic rings. The Morgan fingerprint density at radius 2 is 2.00 bits per heavy atom. The minimum atomic E-state index is -4.76. The molecule has 0 amide bonds. The summed E-state index contributed by atoms with van der Waals surface area (Å²) in [4.78, 5) is 41.6. The number of aliphatic hydroxyl groups is 2. The molecule has 0 unspecified atom stereocenters. The Morgan fingerprint density at radius 1 is 1.33 bits per heavy atom. The Kier molecular flexibility index (Phi) is 4.44. The normalized spacial score (nSPS) is 29.7. The number of nitrogens with one attached hydrogen (secondary N) is 1. The van der Waals surface area contributed by atoms with Gasteiger partial charge in [-0.2, -0.15) is 0 Å². The number of hydrogen-bond donors (Lipinski definition) is 5. The van der Waals surface area contributed by atoms with Gasteiger partial charge in [-0.3, -0.25) is 18.9 Å². The third-order valence-electron chi connectivity index (χ3n) is 2.87. The van der Waals surface area contributed by atoms with Gasteiger partial charge in [0, 0.05) is 12.3 Å². The Hall–Kier alpha value is -1.33. The zero-order valence-electron chi connectivity index (χ0n) is 10.4. The van der Waals surface area contributed by atoms with Gasteiger partial charge in [0.15, 0.2) is 6.23 Å². The monoisotopic (exact) mass is 324 g/mol. The first-order valence-electron chi connectivity index (χ1n) is 5.72. The summed E-state index contributed by atoms with van der Waals surface area (Å²) in [7, 11) is -4.76. The SMILES string of the molecule is O=c1ccn([C@H]2O[C@@H](COP(=O)(O)O)[C@@H](O)[C@@H]2O)c(=O)[nH]1. The van der Waals surface area contributed by atoms with Crippen molar-refractivity contribution < 1.29 is 33.8 Å². The average Bonchev–Trinajstić information content (AvgIpc) is 2.64. The van der Waals surface area contributed by atoms with Crippen LogP contribution in [0.1, 0.15) is 6.23 Å². The van der Waals surface area contributed by atoms with Gasteiger partial charge in [0.05, 0.1) is 6.61 Å². The van der Waals surface area contributed by atoms with E-state index < -0.39 is 50.2 Å². The topological polar surface area (TPSA) is 171 Å². The van der Waals surface area contributed by atoms with Crippen molar-refractivity contribution in [1.82, 2.24) is 9.55 Å². The van der Waals surface area contributed by atoms with E-state index in [1.165, 1.54) is 0 Å². The van der Waals surface area contributed by atoms with E-state index in [1.54, 1.807) is 0 Å². The maximum absolute atomic E-state index is 11.6. The number of H-pyrrole nitrogens is 1. The highest BCUT2D eigenvalue weighted by atomic mass is 31.2. The molecule has 1 saturated heterocycles. The van der Waals surface area contributed by atoms with Crippen molar-refractivity contribution in [3.8, 4) is 0 Å². The van der Waals surface area contributed by atoms with Crippen LogP contribution in [0, 0.1) is 0 Å². The Morgan fingerprint density at radius 3 is 2.57 bits per heavy atom. The summed E-state index contributed by atoms with van der Waals surface area (Å²) in [5.41, 5.74) is -1.51. The zero-order valence-corrected chi connectivity index (χ0v) is 11.3. The molecule has 1 aliphatic heterocycles. The van der Waals surface area contributed by atoms with Crippen LogP contribution in [0.5, 0.6) is 0 Å². The molecule has 0 bridgehead atoms. The van der Waals surface area contributed by atoms with Gasteiger partial charge in [-0.25, -0.2) is 9.36 Å². The number of phosphoric acid groups is 1. The number of hydrogen-bond acceptors (Lipinski definition) is 7. The minimum absolute atomic E-state index is 0.648. The van der Waals surface area contributed by atoms with Crippen LogP contribution in [0.15, 0.2) is 21.9 Å². The zero-order chi connectivity index (χ0) is 15.8. The van der Waals surface area contributed by atoms with Crippen LogP contribution < -0.4 is 11.2 Å². The fourth-order valence-corrected chi connectivity index (χ4v) is 2.24. The van der Waals surface area contributed by atoms with Gasteiger partial charge in [0.25, 0.3) is 5.56 Å². The molecule has 21 heavy (non-hydrogen) atoms. The van der Waals surface area contributed by atoms with Gasteiger partial charge in [-0.1, -0.05) is 0 Å². The summed E-state index contributed by atoms with van der Waals surface area (Å²) >= 11 is 0. The largest absolute Gasteiger partial charge is 0.469 e. The first kappa shape index (κ1) is 16.0. The van der Waals surface area contributed by atoms with Crippen molar-refractivity contribution in [1.29, 1.82) is 0 Å². The molecular formula is C9H13N2O9P. The number of aromatic nitrogens is 2. The molecule has 5 N–H and O–H groups in total. The minimum Gasteiger partial charge on any atom is -0.387 e. The van der Waals surface area contributed by atoms with Gasteiger partial charge >= 0.3 is 13.5 Å². The molecule has 0 spiro atoms. The predicted molar refractivity (Wildman–Crippen MR) is 65.2 cm³/mol. The van der Waals surface area contributed by atoms with Crippen LogP contribution in [0.25, 0.3) is 0 Å².